The highest BCUT2D eigenvalue weighted by Gasteiger charge is 2.09. The third-order valence-electron chi connectivity index (χ3n) is 3.61. The minimum atomic E-state index is 0.297. The summed E-state index contributed by atoms with van der Waals surface area (Å²) in [6.45, 7) is 8.44. The molecule has 1 aromatic carbocycles. The molecule has 21 heavy (non-hydrogen) atoms. The van der Waals surface area contributed by atoms with Crippen LogP contribution in [0.1, 0.15) is 38.9 Å². The third-order valence-corrected chi connectivity index (χ3v) is 3.61. The number of pyridine rings is 1. The zero-order chi connectivity index (χ0) is 15.1. The number of aromatic nitrogens is 1. The molecule has 3 heteroatoms. The number of nitrogens with zero attached hydrogens (tertiary/aromatic N) is 2. The lowest BCUT2D eigenvalue weighted by Gasteiger charge is -2.23. The second-order valence-corrected chi connectivity index (χ2v) is 5.20. The molecule has 0 fully saturated rings. The van der Waals surface area contributed by atoms with Crippen LogP contribution in [0.4, 0.5) is 11.4 Å². The van der Waals surface area contributed by atoms with Gasteiger partial charge >= 0.3 is 0 Å². The van der Waals surface area contributed by atoms with Crippen LogP contribution in [0, 0.1) is 0 Å². The van der Waals surface area contributed by atoms with E-state index in [1.54, 1.807) is 0 Å². The standard InChI is InChI=1S/C18H25N3/c1-4-13-19-15(3)18-12-11-17(14-20-18)21(5-2)16-9-7-6-8-10-16/h6-12,14-15,19H,4-5,13H2,1-3H3. The highest BCUT2D eigenvalue weighted by Crippen LogP contribution is 2.24. The summed E-state index contributed by atoms with van der Waals surface area (Å²) >= 11 is 0. The Morgan fingerprint density at radius 1 is 1.05 bits per heavy atom. The number of hydrogen-bond donors (Lipinski definition) is 1. The van der Waals surface area contributed by atoms with Gasteiger partial charge in [-0.25, -0.2) is 0 Å². The Morgan fingerprint density at radius 2 is 1.81 bits per heavy atom. The normalized spacial score (nSPS) is 12.1. The molecule has 2 rings (SSSR count). The monoisotopic (exact) mass is 283 g/mol. The van der Waals surface area contributed by atoms with Gasteiger partial charge in [0.2, 0.25) is 0 Å². The molecule has 1 N–H and O–H groups in total. The molecule has 0 aliphatic rings. The summed E-state index contributed by atoms with van der Waals surface area (Å²) in [4.78, 5) is 6.89. The fourth-order valence-electron chi connectivity index (χ4n) is 2.40. The van der Waals surface area contributed by atoms with Crippen molar-refractivity contribution < 1.29 is 0 Å². The van der Waals surface area contributed by atoms with Gasteiger partial charge in [-0.05, 0) is 51.1 Å². The van der Waals surface area contributed by atoms with Gasteiger partial charge in [-0.15, -0.1) is 0 Å². The predicted molar refractivity (Wildman–Crippen MR) is 90.1 cm³/mol. The molecule has 1 unspecified atom stereocenters. The lowest BCUT2D eigenvalue weighted by molar-refractivity contribution is 0.558. The van der Waals surface area contributed by atoms with Crippen molar-refractivity contribution in [3.63, 3.8) is 0 Å². The van der Waals surface area contributed by atoms with Gasteiger partial charge in [-0.2, -0.15) is 0 Å². The molecule has 0 amide bonds. The summed E-state index contributed by atoms with van der Waals surface area (Å²) < 4.78 is 0. The van der Waals surface area contributed by atoms with Crippen LogP contribution in [0.5, 0.6) is 0 Å². The highest BCUT2D eigenvalue weighted by molar-refractivity contribution is 5.62. The van der Waals surface area contributed by atoms with Crippen LogP contribution in [0.15, 0.2) is 48.7 Å². The summed E-state index contributed by atoms with van der Waals surface area (Å²) in [5.74, 6) is 0. The van der Waals surface area contributed by atoms with Crippen molar-refractivity contribution in [3.05, 3.63) is 54.4 Å². The summed E-state index contributed by atoms with van der Waals surface area (Å²) in [6, 6.07) is 15.0. The van der Waals surface area contributed by atoms with Gasteiger partial charge in [0.1, 0.15) is 0 Å². The molecular weight excluding hydrogens is 258 g/mol. The van der Waals surface area contributed by atoms with E-state index in [-0.39, 0.29) is 0 Å². The average molecular weight is 283 g/mol. The zero-order valence-electron chi connectivity index (χ0n) is 13.2. The lowest BCUT2D eigenvalue weighted by atomic mass is 10.2. The van der Waals surface area contributed by atoms with E-state index < -0.39 is 0 Å². The van der Waals surface area contributed by atoms with E-state index in [0.717, 1.165) is 30.9 Å². The maximum atomic E-state index is 4.62. The van der Waals surface area contributed by atoms with Crippen molar-refractivity contribution in [2.24, 2.45) is 0 Å². The fourth-order valence-corrected chi connectivity index (χ4v) is 2.40. The number of nitrogens with one attached hydrogen (secondary N) is 1. The molecule has 0 bridgehead atoms. The van der Waals surface area contributed by atoms with Gasteiger partial charge < -0.3 is 10.2 Å². The molecule has 3 nitrogen and oxygen atoms in total. The van der Waals surface area contributed by atoms with Crippen LogP contribution in [0.2, 0.25) is 0 Å². The molecular formula is C18H25N3. The number of benzene rings is 1. The molecule has 1 heterocycles. The number of hydrogen-bond acceptors (Lipinski definition) is 3. The predicted octanol–water partition coefficient (Wildman–Crippen LogP) is 4.30. The Labute approximate surface area is 128 Å². The Hall–Kier alpha value is -1.87. The summed E-state index contributed by atoms with van der Waals surface area (Å²) in [7, 11) is 0. The molecule has 0 aliphatic heterocycles. The van der Waals surface area contributed by atoms with Crippen molar-refractivity contribution >= 4 is 11.4 Å². The van der Waals surface area contributed by atoms with Crippen molar-refractivity contribution in [1.82, 2.24) is 10.3 Å². The largest absolute Gasteiger partial charge is 0.341 e. The first-order valence-electron chi connectivity index (χ1n) is 7.78. The molecule has 0 saturated carbocycles. The highest BCUT2D eigenvalue weighted by atomic mass is 15.1. The maximum Gasteiger partial charge on any atom is 0.0597 e. The smallest absolute Gasteiger partial charge is 0.0597 e. The van der Waals surface area contributed by atoms with Gasteiger partial charge in [-0.1, -0.05) is 25.1 Å². The van der Waals surface area contributed by atoms with Gasteiger partial charge in [0.25, 0.3) is 0 Å². The van der Waals surface area contributed by atoms with Crippen LogP contribution >= 0.6 is 0 Å². The minimum absolute atomic E-state index is 0.297. The first-order chi connectivity index (χ1) is 10.3. The summed E-state index contributed by atoms with van der Waals surface area (Å²) in [5.41, 5.74) is 3.43. The van der Waals surface area contributed by atoms with E-state index in [4.69, 9.17) is 0 Å². The topological polar surface area (TPSA) is 28.2 Å². The Bertz CT molecular complexity index is 522. The van der Waals surface area contributed by atoms with Crippen molar-refractivity contribution in [2.75, 3.05) is 18.0 Å². The van der Waals surface area contributed by atoms with Gasteiger partial charge in [0, 0.05) is 18.3 Å². The molecule has 2 aromatic rings. The van der Waals surface area contributed by atoms with Crippen LogP contribution in [0.25, 0.3) is 0 Å². The van der Waals surface area contributed by atoms with Crippen molar-refractivity contribution in [2.45, 2.75) is 33.2 Å². The minimum Gasteiger partial charge on any atom is -0.341 e. The number of anilines is 2. The summed E-state index contributed by atoms with van der Waals surface area (Å²) in [5, 5.41) is 3.47. The van der Waals surface area contributed by atoms with Crippen molar-refractivity contribution in [3.8, 4) is 0 Å². The number of para-hydroxylation sites is 1. The van der Waals surface area contributed by atoms with E-state index in [0.29, 0.717) is 6.04 Å². The van der Waals surface area contributed by atoms with Crippen LogP contribution in [-0.2, 0) is 0 Å². The Morgan fingerprint density at radius 3 is 2.38 bits per heavy atom. The van der Waals surface area contributed by atoms with Gasteiger partial charge in [0.15, 0.2) is 0 Å². The van der Waals surface area contributed by atoms with Crippen LogP contribution in [-0.4, -0.2) is 18.1 Å². The van der Waals surface area contributed by atoms with Gasteiger partial charge in [-0.3, -0.25) is 4.98 Å². The fraction of sp³-hybridized carbons (Fsp3) is 0.389. The number of rotatable bonds is 7. The van der Waals surface area contributed by atoms with E-state index >= 15 is 0 Å². The third kappa shape index (κ3) is 4.05. The second kappa shape index (κ2) is 7.79. The average Bonchev–Trinajstić information content (AvgIpc) is 2.55. The second-order valence-electron chi connectivity index (χ2n) is 5.20. The van der Waals surface area contributed by atoms with Crippen molar-refractivity contribution in [1.29, 1.82) is 0 Å². The van der Waals surface area contributed by atoms with E-state index in [1.807, 2.05) is 12.3 Å². The van der Waals surface area contributed by atoms with E-state index in [9.17, 15) is 0 Å². The Balaban J connectivity index is 2.13. The molecule has 112 valence electrons. The quantitative estimate of drug-likeness (QED) is 0.821. The van der Waals surface area contributed by atoms with E-state index in [1.165, 1.54) is 5.69 Å². The molecule has 1 aromatic heterocycles. The van der Waals surface area contributed by atoms with Crippen LogP contribution in [0.3, 0.4) is 0 Å². The Kier molecular flexibility index (Phi) is 5.76. The molecule has 0 saturated heterocycles. The molecule has 1 atom stereocenters. The van der Waals surface area contributed by atoms with E-state index in [2.05, 4.69) is 72.4 Å². The molecule has 0 spiro atoms. The maximum absolute atomic E-state index is 4.62. The molecule has 0 aliphatic carbocycles. The van der Waals surface area contributed by atoms with Crippen LogP contribution < -0.4 is 10.2 Å². The summed E-state index contributed by atoms with van der Waals surface area (Å²) in [6.07, 6.45) is 3.11. The first-order valence-corrected chi connectivity index (χ1v) is 7.78. The lowest BCUT2D eigenvalue weighted by Crippen LogP contribution is -2.21. The first kappa shape index (κ1) is 15.5. The SMILES string of the molecule is CCCNC(C)c1ccc(N(CC)c2ccccc2)cn1. The van der Waals surface area contributed by atoms with Gasteiger partial charge in [0.05, 0.1) is 17.6 Å². The zero-order valence-corrected chi connectivity index (χ0v) is 13.2. The molecule has 0 radical (unpaired) electrons.